The van der Waals surface area contributed by atoms with E-state index in [1.807, 2.05) is 0 Å². The van der Waals surface area contributed by atoms with Crippen LogP contribution in [0, 0.1) is 5.82 Å². The van der Waals surface area contributed by atoms with Crippen LogP contribution < -0.4 is 9.47 Å². The summed E-state index contributed by atoms with van der Waals surface area (Å²) >= 11 is 0. The lowest BCUT2D eigenvalue weighted by atomic mass is 10.2. The number of benzene rings is 2. The summed E-state index contributed by atoms with van der Waals surface area (Å²) in [6.45, 7) is 0. The average Bonchev–Trinajstić information content (AvgIpc) is 3.43. The van der Waals surface area contributed by atoms with E-state index in [-0.39, 0.29) is 39.7 Å². The fourth-order valence-electron chi connectivity index (χ4n) is 2.89. The molecule has 160 valence electrons. The van der Waals surface area contributed by atoms with E-state index < -0.39 is 9.84 Å². The highest BCUT2D eigenvalue weighted by Gasteiger charge is 2.21. The molecule has 0 saturated carbocycles. The lowest BCUT2D eigenvalue weighted by molar-refractivity contribution is 0.354. The zero-order valence-electron chi connectivity index (χ0n) is 16.5. The Bertz CT molecular complexity index is 1310. The highest BCUT2D eigenvalue weighted by molar-refractivity contribution is 7.90. The number of furan rings is 1. The summed E-state index contributed by atoms with van der Waals surface area (Å²) < 4.78 is 59.8. The first-order valence-corrected chi connectivity index (χ1v) is 10.7. The number of hydrogen-bond acceptors (Lipinski definition) is 8. The third kappa shape index (κ3) is 4.29. The predicted molar refractivity (Wildman–Crippen MR) is 108 cm³/mol. The minimum atomic E-state index is -3.71. The van der Waals surface area contributed by atoms with Gasteiger partial charge in [0, 0.05) is 11.6 Å². The first-order chi connectivity index (χ1) is 14.9. The smallest absolute Gasteiger partial charge is 0.293 e. The van der Waals surface area contributed by atoms with E-state index in [1.165, 1.54) is 62.8 Å². The van der Waals surface area contributed by atoms with Crippen LogP contribution in [0.1, 0.15) is 5.76 Å². The van der Waals surface area contributed by atoms with E-state index >= 15 is 0 Å². The summed E-state index contributed by atoms with van der Waals surface area (Å²) in [6.07, 6.45) is 0. The summed E-state index contributed by atoms with van der Waals surface area (Å²) in [5, 5.41) is 3.85. The van der Waals surface area contributed by atoms with Crippen LogP contribution in [0.5, 0.6) is 11.5 Å². The van der Waals surface area contributed by atoms with Crippen LogP contribution in [0.4, 0.5) is 4.39 Å². The maximum absolute atomic E-state index is 13.1. The second-order valence-electron chi connectivity index (χ2n) is 6.47. The van der Waals surface area contributed by atoms with Crippen LogP contribution in [0.3, 0.4) is 0 Å². The second-order valence-corrected chi connectivity index (χ2v) is 8.46. The van der Waals surface area contributed by atoms with Crippen molar-refractivity contribution in [2.45, 2.75) is 10.6 Å². The van der Waals surface area contributed by atoms with Crippen molar-refractivity contribution >= 4 is 9.84 Å². The van der Waals surface area contributed by atoms with Gasteiger partial charge in [0.25, 0.3) is 5.89 Å². The number of hydrogen-bond donors (Lipinski definition) is 0. The molecule has 2 aromatic carbocycles. The van der Waals surface area contributed by atoms with Gasteiger partial charge in [0.15, 0.2) is 27.1 Å². The van der Waals surface area contributed by atoms with Crippen LogP contribution >= 0.6 is 0 Å². The van der Waals surface area contributed by atoms with Crippen molar-refractivity contribution in [3.05, 3.63) is 66.2 Å². The van der Waals surface area contributed by atoms with Gasteiger partial charge in [-0.1, -0.05) is 5.16 Å². The van der Waals surface area contributed by atoms with Crippen LogP contribution in [-0.4, -0.2) is 32.8 Å². The molecular weight excluding hydrogens is 427 g/mol. The molecule has 0 saturated heterocycles. The summed E-state index contributed by atoms with van der Waals surface area (Å²) in [5.41, 5.74) is 0.569. The van der Waals surface area contributed by atoms with Crippen molar-refractivity contribution in [1.82, 2.24) is 10.1 Å². The molecule has 2 aromatic heterocycles. The fraction of sp³-hybridized carbons (Fsp3) is 0.143. The average molecular weight is 444 g/mol. The van der Waals surface area contributed by atoms with Crippen molar-refractivity contribution in [2.24, 2.45) is 0 Å². The highest BCUT2D eigenvalue weighted by atomic mass is 32.2. The molecule has 10 heteroatoms. The van der Waals surface area contributed by atoms with Gasteiger partial charge in [-0.3, -0.25) is 0 Å². The van der Waals surface area contributed by atoms with Crippen LogP contribution in [0.25, 0.3) is 23.0 Å². The van der Waals surface area contributed by atoms with Gasteiger partial charge in [-0.2, -0.15) is 4.98 Å². The van der Waals surface area contributed by atoms with E-state index in [9.17, 15) is 12.8 Å². The molecule has 8 nitrogen and oxygen atoms in total. The Kier molecular flexibility index (Phi) is 5.47. The molecule has 0 aliphatic heterocycles. The lowest BCUT2D eigenvalue weighted by Crippen LogP contribution is -2.05. The Hall–Kier alpha value is -3.66. The maximum atomic E-state index is 13.1. The number of methoxy groups -OCH3 is 2. The second kappa shape index (κ2) is 8.23. The van der Waals surface area contributed by atoms with Gasteiger partial charge < -0.3 is 18.4 Å². The van der Waals surface area contributed by atoms with Gasteiger partial charge in [-0.05, 0) is 48.5 Å². The van der Waals surface area contributed by atoms with Crippen molar-refractivity contribution in [3.8, 4) is 34.5 Å². The molecule has 0 N–H and O–H groups in total. The van der Waals surface area contributed by atoms with Crippen LogP contribution in [0.2, 0.25) is 0 Å². The molecule has 0 amide bonds. The van der Waals surface area contributed by atoms with E-state index in [2.05, 4.69) is 10.1 Å². The normalized spacial score (nSPS) is 11.5. The van der Waals surface area contributed by atoms with Crippen molar-refractivity contribution < 1.29 is 31.2 Å². The van der Waals surface area contributed by atoms with Gasteiger partial charge in [-0.25, -0.2) is 12.8 Å². The summed E-state index contributed by atoms with van der Waals surface area (Å²) in [6, 6.07) is 13.0. The van der Waals surface area contributed by atoms with Gasteiger partial charge in [0.05, 0.1) is 19.1 Å². The lowest BCUT2D eigenvalue weighted by Gasteiger charge is -2.09. The molecule has 0 fully saturated rings. The topological polar surface area (TPSA) is 105 Å². The van der Waals surface area contributed by atoms with Crippen molar-refractivity contribution in [1.29, 1.82) is 0 Å². The van der Waals surface area contributed by atoms with Gasteiger partial charge in [0.1, 0.15) is 17.3 Å². The molecule has 0 aliphatic carbocycles. The van der Waals surface area contributed by atoms with Gasteiger partial charge in [-0.15, -0.1) is 0 Å². The van der Waals surface area contributed by atoms with Crippen molar-refractivity contribution in [2.75, 3.05) is 14.2 Å². The number of aromatic nitrogens is 2. The molecule has 4 rings (SSSR count). The molecule has 0 bridgehead atoms. The van der Waals surface area contributed by atoms with E-state index in [4.69, 9.17) is 18.4 Å². The van der Waals surface area contributed by atoms with Crippen molar-refractivity contribution in [3.63, 3.8) is 0 Å². The van der Waals surface area contributed by atoms with E-state index in [0.717, 1.165) is 0 Å². The third-order valence-electron chi connectivity index (χ3n) is 4.45. The third-order valence-corrected chi connectivity index (χ3v) is 6.08. The first-order valence-electron chi connectivity index (χ1n) is 9.03. The molecule has 0 aliphatic rings. The van der Waals surface area contributed by atoms with Crippen LogP contribution in [0.15, 0.2) is 68.4 Å². The highest BCUT2D eigenvalue weighted by Crippen LogP contribution is 2.31. The first kappa shape index (κ1) is 20.6. The number of rotatable bonds is 7. The van der Waals surface area contributed by atoms with E-state index in [0.29, 0.717) is 17.1 Å². The minimum Gasteiger partial charge on any atom is -0.493 e. The Morgan fingerprint density at radius 3 is 2.42 bits per heavy atom. The predicted octanol–water partition coefficient (Wildman–Crippen LogP) is 4.13. The quantitative estimate of drug-likeness (QED) is 0.419. The molecule has 4 aromatic rings. The Labute approximate surface area is 177 Å². The fourth-order valence-corrected chi connectivity index (χ4v) is 4.15. The number of ether oxygens (including phenoxy) is 2. The largest absolute Gasteiger partial charge is 0.493 e. The number of sulfone groups is 1. The minimum absolute atomic E-state index is 0.0690. The summed E-state index contributed by atoms with van der Waals surface area (Å²) in [5.74, 6) is 0.739. The number of nitrogens with zero attached hydrogens (tertiary/aromatic N) is 2. The van der Waals surface area contributed by atoms with Crippen LogP contribution in [-0.2, 0) is 15.6 Å². The Balaban J connectivity index is 1.55. The molecule has 0 spiro atoms. The van der Waals surface area contributed by atoms with Gasteiger partial charge >= 0.3 is 0 Å². The zero-order valence-corrected chi connectivity index (χ0v) is 17.3. The van der Waals surface area contributed by atoms with Gasteiger partial charge in [0.2, 0.25) is 5.82 Å². The maximum Gasteiger partial charge on any atom is 0.293 e. The molecule has 31 heavy (non-hydrogen) atoms. The SMILES string of the molecule is COc1ccc(S(=O)(=O)Cc2ccc(-c3nc(-c4ccc(F)cc4)no3)o2)cc1OC. The standard InChI is InChI=1S/C21H17FN2O6S/c1-27-17-10-8-16(11-19(17)28-2)31(25,26)12-15-7-9-18(29-15)21-23-20(24-30-21)13-3-5-14(22)6-4-13/h3-11H,12H2,1-2H3. The molecule has 0 atom stereocenters. The summed E-state index contributed by atoms with van der Waals surface area (Å²) in [4.78, 5) is 4.29. The number of halogens is 1. The Morgan fingerprint density at radius 2 is 1.71 bits per heavy atom. The molecular formula is C21H17FN2O6S. The summed E-state index contributed by atoms with van der Waals surface area (Å²) in [7, 11) is -0.817. The molecule has 0 unspecified atom stereocenters. The molecule has 0 radical (unpaired) electrons. The zero-order chi connectivity index (χ0) is 22.0. The Morgan fingerprint density at radius 1 is 0.968 bits per heavy atom. The molecule has 2 heterocycles. The monoisotopic (exact) mass is 444 g/mol. The van der Waals surface area contributed by atoms with E-state index in [1.54, 1.807) is 6.07 Å².